The number of imidazole rings is 1. The predicted molar refractivity (Wildman–Crippen MR) is 70.4 cm³/mol. The lowest BCUT2D eigenvalue weighted by Crippen LogP contribution is -1.96. The molecule has 0 amide bonds. The number of nitrogens with zero attached hydrogens (tertiary/aromatic N) is 3. The quantitative estimate of drug-likeness (QED) is 0.722. The summed E-state index contributed by atoms with van der Waals surface area (Å²) in [6.45, 7) is 0. The summed E-state index contributed by atoms with van der Waals surface area (Å²) in [6, 6.07) is 4.26. The Morgan fingerprint density at radius 1 is 1.20 bits per heavy atom. The minimum atomic E-state index is -0.903. The number of methoxy groups -OCH3 is 1. The van der Waals surface area contributed by atoms with Gasteiger partial charge >= 0.3 is 0 Å². The van der Waals surface area contributed by atoms with Crippen LogP contribution in [-0.2, 0) is 7.05 Å². The Bertz CT molecular complexity index is 798. The number of pyridine rings is 1. The van der Waals surface area contributed by atoms with E-state index in [4.69, 9.17) is 4.74 Å². The van der Waals surface area contributed by atoms with Crippen LogP contribution in [-0.4, -0.2) is 21.6 Å². The third-order valence-corrected chi connectivity index (χ3v) is 3.13. The van der Waals surface area contributed by atoms with Gasteiger partial charge in [0.05, 0.1) is 18.8 Å². The summed E-state index contributed by atoms with van der Waals surface area (Å²) in [5, 5.41) is 0. The fourth-order valence-corrected chi connectivity index (χ4v) is 2.14. The number of hydrogen-bond acceptors (Lipinski definition) is 3. The van der Waals surface area contributed by atoms with Crippen molar-refractivity contribution in [2.45, 2.75) is 0 Å². The average molecular weight is 275 g/mol. The Hall–Kier alpha value is -2.50. The van der Waals surface area contributed by atoms with Crippen molar-refractivity contribution in [3.63, 3.8) is 0 Å². The van der Waals surface area contributed by atoms with Gasteiger partial charge in [0.25, 0.3) is 0 Å². The van der Waals surface area contributed by atoms with Gasteiger partial charge in [0.15, 0.2) is 11.6 Å². The molecule has 0 unspecified atom stereocenters. The maximum atomic E-state index is 13.9. The highest BCUT2D eigenvalue weighted by Gasteiger charge is 2.16. The average Bonchev–Trinajstić information content (AvgIpc) is 2.81. The number of fused-ring (bicyclic) bond motifs is 1. The summed E-state index contributed by atoms with van der Waals surface area (Å²) in [6.07, 6.45) is 3.16. The van der Waals surface area contributed by atoms with Gasteiger partial charge in [0, 0.05) is 18.8 Å². The molecule has 0 aliphatic carbocycles. The van der Waals surface area contributed by atoms with Crippen LogP contribution in [0, 0.1) is 11.6 Å². The number of aromatic nitrogens is 3. The zero-order valence-electron chi connectivity index (χ0n) is 10.9. The SMILES string of the molecule is COc1cncc(-c2nc3ccc(F)c(F)c3n2C)c1. The van der Waals surface area contributed by atoms with Crippen molar-refractivity contribution in [3.8, 4) is 17.1 Å². The van der Waals surface area contributed by atoms with Gasteiger partial charge in [-0.3, -0.25) is 4.98 Å². The molecule has 3 aromatic rings. The third-order valence-electron chi connectivity index (χ3n) is 3.13. The molecule has 102 valence electrons. The molecule has 0 saturated carbocycles. The van der Waals surface area contributed by atoms with E-state index in [2.05, 4.69) is 9.97 Å². The Labute approximate surface area is 113 Å². The second-order valence-corrected chi connectivity index (χ2v) is 4.34. The zero-order chi connectivity index (χ0) is 14.3. The molecule has 6 heteroatoms. The van der Waals surface area contributed by atoms with Gasteiger partial charge in [0.2, 0.25) is 0 Å². The molecule has 2 aromatic heterocycles. The number of hydrogen-bond donors (Lipinski definition) is 0. The zero-order valence-corrected chi connectivity index (χ0v) is 10.9. The van der Waals surface area contributed by atoms with Gasteiger partial charge in [-0.25, -0.2) is 13.8 Å². The van der Waals surface area contributed by atoms with Crippen molar-refractivity contribution in [2.24, 2.45) is 7.05 Å². The molecule has 4 nitrogen and oxygen atoms in total. The van der Waals surface area contributed by atoms with E-state index in [0.717, 1.165) is 6.07 Å². The second-order valence-electron chi connectivity index (χ2n) is 4.34. The summed E-state index contributed by atoms with van der Waals surface area (Å²) in [5.41, 5.74) is 1.19. The smallest absolute Gasteiger partial charge is 0.184 e. The van der Waals surface area contributed by atoms with Crippen molar-refractivity contribution in [3.05, 3.63) is 42.2 Å². The van der Waals surface area contributed by atoms with Crippen molar-refractivity contribution in [1.29, 1.82) is 0 Å². The van der Waals surface area contributed by atoms with E-state index in [0.29, 0.717) is 22.7 Å². The van der Waals surface area contributed by atoms with Gasteiger partial charge in [-0.1, -0.05) is 0 Å². The van der Waals surface area contributed by atoms with Crippen LogP contribution < -0.4 is 4.74 Å². The fraction of sp³-hybridized carbons (Fsp3) is 0.143. The first-order chi connectivity index (χ1) is 9.61. The van der Waals surface area contributed by atoms with E-state index < -0.39 is 11.6 Å². The highest BCUT2D eigenvalue weighted by atomic mass is 19.2. The minimum Gasteiger partial charge on any atom is -0.495 e. The predicted octanol–water partition coefficient (Wildman–Crippen LogP) is 2.92. The Balaban J connectivity index is 2.27. The molecule has 0 bridgehead atoms. The molecule has 3 rings (SSSR count). The lowest BCUT2D eigenvalue weighted by atomic mass is 10.2. The Morgan fingerprint density at radius 3 is 2.75 bits per heavy atom. The molecule has 0 radical (unpaired) electrons. The van der Waals surface area contributed by atoms with Crippen LogP contribution in [0.2, 0.25) is 0 Å². The van der Waals surface area contributed by atoms with Crippen molar-refractivity contribution >= 4 is 11.0 Å². The van der Waals surface area contributed by atoms with Crippen LogP contribution in [0.4, 0.5) is 8.78 Å². The molecule has 0 atom stereocenters. The second kappa shape index (κ2) is 4.56. The topological polar surface area (TPSA) is 39.9 Å². The fourth-order valence-electron chi connectivity index (χ4n) is 2.14. The van der Waals surface area contributed by atoms with Crippen LogP contribution in [0.5, 0.6) is 5.75 Å². The van der Waals surface area contributed by atoms with E-state index in [1.165, 1.54) is 17.7 Å². The van der Waals surface area contributed by atoms with Gasteiger partial charge < -0.3 is 9.30 Å². The molecule has 0 spiro atoms. The first-order valence-electron chi connectivity index (χ1n) is 5.91. The number of aryl methyl sites for hydroxylation is 1. The summed E-state index contributed by atoms with van der Waals surface area (Å²) >= 11 is 0. The van der Waals surface area contributed by atoms with Crippen molar-refractivity contribution in [1.82, 2.24) is 14.5 Å². The normalized spacial score (nSPS) is 11.0. The summed E-state index contributed by atoms with van der Waals surface area (Å²) in [5.74, 6) is -0.729. The van der Waals surface area contributed by atoms with E-state index in [1.54, 1.807) is 25.5 Å². The number of benzene rings is 1. The molecule has 0 saturated heterocycles. The van der Waals surface area contributed by atoms with Gasteiger partial charge in [-0.05, 0) is 18.2 Å². The molecular formula is C14H11F2N3O. The molecular weight excluding hydrogens is 264 g/mol. The molecule has 2 heterocycles. The number of halogens is 2. The first-order valence-corrected chi connectivity index (χ1v) is 5.91. The Kier molecular flexibility index (Phi) is 2.85. The highest BCUT2D eigenvalue weighted by Crippen LogP contribution is 2.27. The van der Waals surface area contributed by atoms with Crippen LogP contribution in [0.25, 0.3) is 22.4 Å². The van der Waals surface area contributed by atoms with E-state index in [9.17, 15) is 8.78 Å². The molecule has 1 aromatic carbocycles. The van der Waals surface area contributed by atoms with Gasteiger partial charge in [0.1, 0.15) is 17.1 Å². The van der Waals surface area contributed by atoms with E-state index >= 15 is 0 Å². The van der Waals surface area contributed by atoms with Crippen molar-refractivity contribution in [2.75, 3.05) is 7.11 Å². The van der Waals surface area contributed by atoms with Gasteiger partial charge in [-0.2, -0.15) is 0 Å². The lowest BCUT2D eigenvalue weighted by Gasteiger charge is -2.04. The highest BCUT2D eigenvalue weighted by molar-refractivity contribution is 5.81. The van der Waals surface area contributed by atoms with Crippen LogP contribution in [0.3, 0.4) is 0 Å². The summed E-state index contributed by atoms with van der Waals surface area (Å²) in [7, 11) is 3.16. The lowest BCUT2D eigenvalue weighted by molar-refractivity contribution is 0.413. The largest absolute Gasteiger partial charge is 0.495 e. The molecule has 0 N–H and O–H groups in total. The van der Waals surface area contributed by atoms with Crippen LogP contribution >= 0.6 is 0 Å². The van der Waals surface area contributed by atoms with Crippen molar-refractivity contribution < 1.29 is 13.5 Å². The maximum Gasteiger partial charge on any atom is 0.184 e. The van der Waals surface area contributed by atoms with Crippen LogP contribution in [0.15, 0.2) is 30.6 Å². The maximum absolute atomic E-state index is 13.9. The van der Waals surface area contributed by atoms with Crippen LogP contribution in [0.1, 0.15) is 0 Å². The van der Waals surface area contributed by atoms with E-state index in [-0.39, 0.29) is 5.52 Å². The van der Waals surface area contributed by atoms with Gasteiger partial charge in [-0.15, -0.1) is 0 Å². The molecule has 0 fully saturated rings. The number of rotatable bonds is 2. The standard InChI is InChI=1S/C14H11F2N3O/c1-19-13-11(4-3-10(15)12(13)16)18-14(19)8-5-9(20-2)7-17-6-8/h3-7H,1-2H3. The Morgan fingerprint density at radius 2 is 2.00 bits per heavy atom. The molecule has 20 heavy (non-hydrogen) atoms. The molecule has 0 aliphatic heterocycles. The summed E-state index contributed by atoms with van der Waals surface area (Å²) < 4.78 is 33.8. The monoisotopic (exact) mass is 275 g/mol. The first kappa shape index (κ1) is 12.5. The van der Waals surface area contributed by atoms with E-state index in [1.807, 2.05) is 0 Å². The minimum absolute atomic E-state index is 0.128. The third kappa shape index (κ3) is 1.80. The number of ether oxygens (including phenoxy) is 1. The molecule has 0 aliphatic rings. The summed E-state index contributed by atoms with van der Waals surface area (Å²) in [4.78, 5) is 8.36.